The minimum absolute atomic E-state index is 0.217. The quantitative estimate of drug-likeness (QED) is 0.601. The Morgan fingerprint density at radius 1 is 1.35 bits per heavy atom. The Kier molecular flexibility index (Phi) is 3.98. The molecule has 0 spiro atoms. The van der Waals surface area contributed by atoms with Gasteiger partial charge in [0.25, 0.3) is 5.91 Å². The lowest BCUT2D eigenvalue weighted by Gasteiger charge is -2.29. The molecule has 5 nitrogen and oxygen atoms in total. The summed E-state index contributed by atoms with van der Waals surface area (Å²) in [6.07, 6.45) is 0.872. The van der Waals surface area contributed by atoms with Crippen LogP contribution in [0.25, 0.3) is 0 Å². The number of rotatable bonds is 5. The van der Waals surface area contributed by atoms with Gasteiger partial charge in [0.2, 0.25) is 0 Å². The van der Waals surface area contributed by atoms with E-state index in [-0.39, 0.29) is 11.9 Å². The van der Waals surface area contributed by atoms with Gasteiger partial charge in [0.15, 0.2) is 8.32 Å². The topological polar surface area (TPSA) is 58.6 Å². The molecule has 1 rings (SSSR count). The molecule has 0 aliphatic carbocycles. The Morgan fingerprint density at radius 2 is 1.94 bits per heavy atom. The first-order valence-corrected chi connectivity index (χ1v) is 9.00. The standard InChI is InChI=1S/C11H22N2O3Si/c1-11(2)9(14)12-10(15)13(11)7-6-8-17(4,5)16-3/h6-8H2,1-5H3,(H,12,14,15). The first kappa shape index (κ1) is 14.2. The van der Waals surface area contributed by atoms with Crippen LogP contribution in [0.5, 0.6) is 0 Å². The molecule has 0 atom stereocenters. The average Bonchev–Trinajstić information content (AvgIpc) is 2.40. The molecule has 0 saturated carbocycles. The number of amides is 3. The molecule has 0 aromatic carbocycles. The number of carbonyl (C=O) groups is 2. The average molecular weight is 258 g/mol. The van der Waals surface area contributed by atoms with Crippen molar-refractivity contribution in [3.63, 3.8) is 0 Å². The summed E-state index contributed by atoms with van der Waals surface area (Å²) >= 11 is 0. The molecular weight excluding hydrogens is 236 g/mol. The van der Waals surface area contributed by atoms with E-state index in [1.807, 2.05) is 0 Å². The number of urea groups is 1. The van der Waals surface area contributed by atoms with Crippen LogP contribution in [0.15, 0.2) is 0 Å². The number of imide groups is 1. The molecule has 3 amide bonds. The van der Waals surface area contributed by atoms with E-state index in [4.69, 9.17) is 4.43 Å². The van der Waals surface area contributed by atoms with Crippen LogP contribution < -0.4 is 5.32 Å². The summed E-state index contributed by atoms with van der Waals surface area (Å²) in [7, 11) is 0.160. The Morgan fingerprint density at radius 3 is 2.35 bits per heavy atom. The molecule has 1 N–H and O–H groups in total. The van der Waals surface area contributed by atoms with Crippen molar-refractivity contribution in [1.82, 2.24) is 10.2 Å². The molecular formula is C11H22N2O3Si. The Bertz CT molecular complexity index is 329. The highest BCUT2D eigenvalue weighted by molar-refractivity contribution is 6.71. The largest absolute Gasteiger partial charge is 0.420 e. The lowest BCUT2D eigenvalue weighted by atomic mass is 10.0. The van der Waals surface area contributed by atoms with Crippen molar-refractivity contribution in [1.29, 1.82) is 0 Å². The summed E-state index contributed by atoms with van der Waals surface area (Å²) < 4.78 is 5.46. The highest BCUT2D eigenvalue weighted by Gasteiger charge is 2.45. The Balaban J connectivity index is 2.52. The fraction of sp³-hybridized carbons (Fsp3) is 0.818. The van der Waals surface area contributed by atoms with Crippen molar-refractivity contribution in [2.24, 2.45) is 0 Å². The van der Waals surface area contributed by atoms with E-state index < -0.39 is 13.9 Å². The van der Waals surface area contributed by atoms with Gasteiger partial charge in [-0.25, -0.2) is 4.79 Å². The molecule has 1 heterocycles. The highest BCUT2D eigenvalue weighted by atomic mass is 28.4. The number of hydrogen-bond acceptors (Lipinski definition) is 3. The molecule has 98 valence electrons. The van der Waals surface area contributed by atoms with Crippen molar-refractivity contribution in [2.75, 3.05) is 13.7 Å². The molecule has 17 heavy (non-hydrogen) atoms. The lowest BCUT2D eigenvalue weighted by molar-refractivity contribution is -0.125. The second-order valence-corrected chi connectivity index (χ2v) is 9.96. The molecule has 1 aliphatic heterocycles. The van der Waals surface area contributed by atoms with Crippen LogP contribution in [0, 0.1) is 0 Å². The summed E-state index contributed by atoms with van der Waals surface area (Å²) in [5.74, 6) is -0.217. The van der Waals surface area contributed by atoms with E-state index >= 15 is 0 Å². The fourth-order valence-corrected chi connectivity index (χ4v) is 3.05. The van der Waals surface area contributed by atoms with Gasteiger partial charge >= 0.3 is 6.03 Å². The van der Waals surface area contributed by atoms with Gasteiger partial charge in [-0.2, -0.15) is 0 Å². The predicted octanol–water partition coefficient (Wildman–Crippen LogP) is 1.56. The smallest absolute Gasteiger partial charge is 0.324 e. The summed E-state index contributed by atoms with van der Waals surface area (Å²) in [4.78, 5) is 24.7. The van der Waals surface area contributed by atoms with Crippen molar-refractivity contribution in [2.45, 2.75) is 44.9 Å². The summed E-state index contributed by atoms with van der Waals surface area (Å²) in [5.41, 5.74) is -0.726. The first-order valence-electron chi connectivity index (χ1n) is 5.89. The normalized spacial score (nSPS) is 19.7. The molecule has 1 fully saturated rings. The maximum Gasteiger partial charge on any atom is 0.324 e. The Labute approximate surface area is 104 Å². The molecule has 0 radical (unpaired) electrons. The van der Waals surface area contributed by atoms with E-state index in [2.05, 4.69) is 18.4 Å². The Hall–Kier alpha value is -0.883. The second kappa shape index (κ2) is 4.78. The third kappa shape index (κ3) is 3.07. The van der Waals surface area contributed by atoms with E-state index in [9.17, 15) is 9.59 Å². The molecule has 0 bridgehead atoms. The molecule has 0 aromatic rings. The van der Waals surface area contributed by atoms with Crippen LogP contribution >= 0.6 is 0 Å². The summed E-state index contributed by atoms with van der Waals surface area (Å²) in [6, 6.07) is 0.703. The van der Waals surface area contributed by atoms with Crippen LogP contribution in [0.1, 0.15) is 20.3 Å². The van der Waals surface area contributed by atoms with Crippen LogP contribution in [-0.4, -0.2) is 44.3 Å². The minimum atomic E-state index is -1.58. The zero-order valence-electron chi connectivity index (χ0n) is 11.3. The van der Waals surface area contributed by atoms with Gasteiger partial charge in [0.05, 0.1) is 0 Å². The lowest BCUT2D eigenvalue weighted by Crippen LogP contribution is -2.45. The van der Waals surface area contributed by atoms with Gasteiger partial charge in [0, 0.05) is 13.7 Å². The molecule has 0 unspecified atom stereocenters. The van der Waals surface area contributed by atoms with Crippen molar-refractivity contribution in [3.05, 3.63) is 0 Å². The maximum absolute atomic E-state index is 11.6. The molecule has 0 aromatic heterocycles. The minimum Gasteiger partial charge on any atom is -0.420 e. The van der Waals surface area contributed by atoms with E-state index in [1.54, 1.807) is 25.9 Å². The first-order chi connectivity index (χ1) is 7.70. The van der Waals surface area contributed by atoms with Crippen LogP contribution in [0.3, 0.4) is 0 Å². The highest BCUT2D eigenvalue weighted by Crippen LogP contribution is 2.22. The van der Waals surface area contributed by atoms with Gasteiger partial charge in [-0.05, 0) is 39.4 Å². The third-order valence-electron chi connectivity index (χ3n) is 3.41. The number of carbonyl (C=O) groups excluding carboxylic acids is 2. The van der Waals surface area contributed by atoms with Gasteiger partial charge in [-0.1, -0.05) is 0 Å². The fourth-order valence-electron chi connectivity index (χ4n) is 1.84. The van der Waals surface area contributed by atoms with Crippen LogP contribution in [0.2, 0.25) is 19.1 Å². The van der Waals surface area contributed by atoms with Crippen molar-refractivity contribution < 1.29 is 14.0 Å². The maximum atomic E-state index is 11.6. The van der Waals surface area contributed by atoms with Crippen molar-refractivity contribution in [3.8, 4) is 0 Å². The van der Waals surface area contributed by atoms with E-state index in [0.717, 1.165) is 12.5 Å². The van der Waals surface area contributed by atoms with E-state index in [0.29, 0.717) is 6.54 Å². The number of nitrogens with zero attached hydrogens (tertiary/aromatic N) is 1. The summed E-state index contributed by atoms with van der Waals surface area (Å²) in [6.45, 7) is 8.43. The zero-order valence-corrected chi connectivity index (χ0v) is 12.3. The SMILES string of the molecule is CO[Si](C)(C)CCCN1C(=O)NC(=O)C1(C)C. The van der Waals surface area contributed by atoms with Gasteiger partial charge in [-0.3, -0.25) is 10.1 Å². The van der Waals surface area contributed by atoms with Crippen LogP contribution in [0.4, 0.5) is 4.79 Å². The molecule has 1 saturated heterocycles. The van der Waals surface area contributed by atoms with Gasteiger partial charge in [-0.15, -0.1) is 0 Å². The third-order valence-corrected chi connectivity index (χ3v) is 6.07. The van der Waals surface area contributed by atoms with Gasteiger partial charge in [0.1, 0.15) is 5.54 Å². The number of nitrogens with one attached hydrogen (secondary N) is 1. The van der Waals surface area contributed by atoms with Crippen LogP contribution in [-0.2, 0) is 9.22 Å². The number of hydrogen-bond donors (Lipinski definition) is 1. The van der Waals surface area contributed by atoms with Gasteiger partial charge < -0.3 is 9.33 Å². The predicted molar refractivity (Wildman–Crippen MR) is 68.2 cm³/mol. The molecule has 1 aliphatic rings. The van der Waals surface area contributed by atoms with E-state index in [1.165, 1.54) is 0 Å². The monoisotopic (exact) mass is 258 g/mol. The summed E-state index contributed by atoms with van der Waals surface area (Å²) in [5, 5.41) is 2.35. The zero-order chi connectivity index (χ0) is 13.3. The van der Waals surface area contributed by atoms with Crippen molar-refractivity contribution >= 4 is 20.3 Å². The molecule has 6 heteroatoms. The second-order valence-electron chi connectivity index (χ2n) is 5.54.